The number of carbonyl (C=O) groups excluding carboxylic acids is 4. The van der Waals surface area contributed by atoms with Gasteiger partial charge in [0.15, 0.2) is 6.10 Å². The zero-order valence-electron chi connectivity index (χ0n) is 15.9. The van der Waals surface area contributed by atoms with Crippen LogP contribution in [0.3, 0.4) is 0 Å². The standard InChI is InChI=1S/C18H29N3O5/c1-10-6-5-7-14(11(10)2)21-9-13(8-15(21)22)17(24)26-12(3)16(23)20-18(25)19-4/h10-14H,5-9H2,1-4H3,(H2,19,20,23,25)/t10-,11-,12+,13-,14-/m1/s1. The Morgan fingerprint density at radius 2 is 1.92 bits per heavy atom. The Labute approximate surface area is 154 Å². The number of rotatable bonds is 4. The predicted octanol–water partition coefficient (Wildman–Crippen LogP) is 1.05. The van der Waals surface area contributed by atoms with E-state index in [1.54, 1.807) is 0 Å². The van der Waals surface area contributed by atoms with Gasteiger partial charge in [-0.05, 0) is 25.2 Å². The van der Waals surface area contributed by atoms with Gasteiger partial charge in [-0.3, -0.25) is 19.7 Å². The first-order chi connectivity index (χ1) is 12.2. The third-order valence-corrected chi connectivity index (χ3v) is 5.68. The largest absolute Gasteiger partial charge is 0.452 e. The third-order valence-electron chi connectivity index (χ3n) is 5.68. The summed E-state index contributed by atoms with van der Waals surface area (Å²) in [5, 5.41) is 4.31. The second kappa shape index (κ2) is 8.51. The van der Waals surface area contributed by atoms with E-state index in [0.29, 0.717) is 18.4 Å². The molecule has 146 valence electrons. The minimum Gasteiger partial charge on any atom is -0.452 e. The summed E-state index contributed by atoms with van der Waals surface area (Å²) in [5.74, 6) is -0.909. The number of imide groups is 1. The fraction of sp³-hybridized carbons (Fsp3) is 0.778. The number of nitrogens with one attached hydrogen (secondary N) is 2. The normalized spacial score (nSPS) is 29.8. The van der Waals surface area contributed by atoms with Gasteiger partial charge in [0.2, 0.25) is 5.91 Å². The summed E-state index contributed by atoms with van der Waals surface area (Å²) < 4.78 is 5.16. The Bertz CT molecular complexity index is 579. The maximum atomic E-state index is 12.4. The summed E-state index contributed by atoms with van der Waals surface area (Å²) in [6.45, 7) is 6.10. The van der Waals surface area contributed by atoms with E-state index in [1.807, 2.05) is 4.90 Å². The van der Waals surface area contributed by atoms with Crippen LogP contribution >= 0.6 is 0 Å². The molecule has 0 aromatic carbocycles. The van der Waals surface area contributed by atoms with E-state index in [1.165, 1.54) is 20.4 Å². The van der Waals surface area contributed by atoms with Gasteiger partial charge >= 0.3 is 12.0 Å². The molecule has 1 saturated heterocycles. The van der Waals surface area contributed by atoms with Crippen molar-refractivity contribution in [2.24, 2.45) is 17.8 Å². The van der Waals surface area contributed by atoms with Gasteiger partial charge in [0.05, 0.1) is 5.92 Å². The van der Waals surface area contributed by atoms with Crippen molar-refractivity contribution in [1.29, 1.82) is 0 Å². The van der Waals surface area contributed by atoms with E-state index < -0.39 is 29.9 Å². The van der Waals surface area contributed by atoms with Crippen LogP contribution in [0.1, 0.15) is 46.5 Å². The second-order valence-electron chi connectivity index (χ2n) is 7.43. The summed E-state index contributed by atoms with van der Waals surface area (Å²) in [6, 6.07) is -0.501. The summed E-state index contributed by atoms with van der Waals surface area (Å²) in [6.07, 6.45) is 2.23. The molecule has 0 bridgehead atoms. The van der Waals surface area contributed by atoms with Crippen LogP contribution in [0.25, 0.3) is 0 Å². The van der Waals surface area contributed by atoms with E-state index in [0.717, 1.165) is 12.8 Å². The quantitative estimate of drug-likeness (QED) is 0.723. The van der Waals surface area contributed by atoms with Crippen LogP contribution in [0.15, 0.2) is 0 Å². The number of urea groups is 1. The van der Waals surface area contributed by atoms with Crippen LogP contribution in [0.4, 0.5) is 4.79 Å². The lowest BCUT2D eigenvalue weighted by atomic mass is 9.77. The molecule has 2 aliphatic rings. The van der Waals surface area contributed by atoms with Gasteiger partial charge in [0.25, 0.3) is 5.91 Å². The fourth-order valence-corrected chi connectivity index (χ4v) is 3.80. The average molecular weight is 367 g/mol. The molecule has 0 spiro atoms. The smallest absolute Gasteiger partial charge is 0.321 e. The number of hydrogen-bond acceptors (Lipinski definition) is 5. The van der Waals surface area contributed by atoms with Gasteiger partial charge in [0.1, 0.15) is 0 Å². The Balaban J connectivity index is 1.92. The van der Waals surface area contributed by atoms with Gasteiger partial charge in [-0.25, -0.2) is 4.79 Å². The molecule has 0 aromatic rings. The highest BCUT2D eigenvalue weighted by Crippen LogP contribution is 2.35. The maximum absolute atomic E-state index is 12.4. The lowest BCUT2D eigenvalue weighted by Gasteiger charge is -2.39. The Morgan fingerprint density at radius 1 is 1.23 bits per heavy atom. The van der Waals surface area contributed by atoms with E-state index in [2.05, 4.69) is 24.5 Å². The van der Waals surface area contributed by atoms with Crippen molar-refractivity contribution >= 4 is 23.8 Å². The Hall–Kier alpha value is -2.12. The van der Waals surface area contributed by atoms with Crippen molar-refractivity contribution < 1.29 is 23.9 Å². The first-order valence-electron chi connectivity index (χ1n) is 9.27. The van der Waals surface area contributed by atoms with Crippen molar-refractivity contribution in [3.8, 4) is 0 Å². The topological polar surface area (TPSA) is 105 Å². The van der Waals surface area contributed by atoms with Gasteiger partial charge in [-0.2, -0.15) is 0 Å². The first kappa shape index (κ1) is 20.2. The lowest BCUT2D eigenvalue weighted by molar-refractivity contribution is -0.158. The lowest BCUT2D eigenvalue weighted by Crippen LogP contribution is -2.45. The molecule has 1 heterocycles. The van der Waals surface area contributed by atoms with Gasteiger partial charge in [-0.15, -0.1) is 0 Å². The molecule has 1 saturated carbocycles. The van der Waals surface area contributed by atoms with E-state index >= 15 is 0 Å². The molecular formula is C18H29N3O5. The molecule has 2 N–H and O–H groups in total. The molecule has 8 heteroatoms. The number of amides is 4. The highest BCUT2D eigenvalue weighted by molar-refractivity contribution is 5.97. The number of hydrogen-bond donors (Lipinski definition) is 2. The zero-order valence-corrected chi connectivity index (χ0v) is 15.9. The summed E-state index contributed by atoms with van der Waals surface area (Å²) in [7, 11) is 1.38. The number of esters is 1. The molecule has 0 unspecified atom stereocenters. The average Bonchev–Trinajstić information content (AvgIpc) is 2.98. The minimum atomic E-state index is -1.10. The molecule has 2 fully saturated rings. The van der Waals surface area contributed by atoms with Gasteiger partial charge in [-0.1, -0.05) is 26.7 Å². The SMILES string of the molecule is CNC(=O)NC(=O)[C@H](C)OC(=O)[C@@H]1CC(=O)N([C@@H]2CCC[C@@H](C)[C@H]2C)C1. The Morgan fingerprint density at radius 3 is 2.58 bits per heavy atom. The van der Waals surface area contributed by atoms with Gasteiger partial charge < -0.3 is 15.0 Å². The molecule has 8 nitrogen and oxygen atoms in total. The number of carbonyl (C=O) groups is 4. The molecule has 0 radical (unpaired) electrons. The third kappa shape index (κ3) is 4.53. The zero-order chi connectivity index (χ0) is 19.4. The molecule has 0 aromatic heterocycles. The summed E-state index contributed by atoms with van der Waals surface area (Å²) in [4.78, 5) is 49.5. The van der Waals surface area contributed by atoms with Crippen molar-refractivity contribution in [2.45, 2.75) is 58.6 Å². The van der Waals surface area contributed by atoms with Crippen molar-refractivity contribution in [3.63, 3.8) is 0 Å². The van der Waals surface area contributed by atoms with Crippen LogP contribution in [-0.2, 0) is 19.1 Å². The summed E-state index contributed by atoms with van der Waals surface area (Å²) in [5.41, 5.74) is 0. The highest BCUT2D eigenvalue weighted by atomic mass is 16.5. The fourth-order valence-electron chi connectivity index (χ4n) is 3.80. The molecule has 4 amide bonds. The van der Waals surface area contributed by atoms with Crippen LogP contribution in [0.2, 0.25) is 0 Å². The van der Waals surface area contributed by atoms with Crippen LogP contribution < -0.4 is 10.6 Å². The Kier molecular flexibility index (Phi) is 6.61. The van der Waals surface area contributed by atoms with Crippen molar-refractivity contribution in [1.82, 2.24) is 15.5 Å². The van der Waals surface area contributed by atoms with Crippen molar-refractivity contribution in [2.75, 3.05) is 13.6 Å². The monoisotopic (exact) mass is 367 g/mol. The van der Waals surface area contributed by atoms with E-state index in [9.17, 15) is 19.2 Å². The number of ether oxygens (including phenoxy) is 1. The predicted molar refractivity (Wildman–Crippen MR) is 93.9 cm³/mol. The molecule has 26 heavy (non-hydrogen) atoms. The molecule has 2 rings (SSSR count). The van der Waals surface area contributed by atoms with Crippen LogP contribution in [-0.4, -0.2) is 54.5 Å². The maximum Gasteiger partial charge on any atom is 0.321 e. The van der Waals surface area contributed by atoms with Crippen LogP contribution in [0.5, 0.6) is 0 Å². The van der Waals surface area contributed by atoms with Crippen LogP contribution in [0, 0.1) is 17.8 Å². The van der Waals surface area contributed by atoms with E-state index in [-0.39, 0.29) is 18.4 Å². The molecular weight excluding hydrogens is 338 g/mol. The van der Waals surface area contributed by atoms with E-state index in [4.69, 9.17) is 4.74 Å². The number of likely N-dealkylation sites (tertiary alicyclic amines) is 1. The summed E-state index contributed by atoms with van der Waals surface area (Å²) >= 11 is 0. The van der Waals surface area contributed by atoms with Crippen molar-refractivity contribution in [3.05, 3.63) is 0 Å². The second-order valence-corrected chi connectivity index (χ2v) is 7.43. The molecule has 1 aliphatic heterocycles. The minimum absolute atomic E-state index is 0.0274. The van der Waals surface area contributed by atoms with Gasteiger partial charge in [0, 0.05) is 26.1 Å². The highest BCUT2D eigenvalue weighted by Gasteiger charge is 2.42. The molecule has 1 aliphatic carbocycles. The molecule has 5 atom stereocenters. The number of nitrogens with zero attached hydrogens (tertiary/aromatic N) is 1. The first-order valence-corrected chi connectivity index (χ1v) is 9.27.